The molecule has 0 atom stereocenters. The van der Waals surface area contributed by atoms with Crippen LogP contribution in [0, 0.1) is 5.21 Å². The second kappa shape index (κ2) is 5.22. The van der Waals surface area contributed by atoms with Crippen LogP contribution in [0.25, 0.3) is 0 Å². The lowest BCUT2D eigenvalue weighted by atomic mass is 9.86. The van der Waals surface area contributed by atoms with Gasteiger partial charge >= 0.3 is 0 Å². The molecule has 0 unspecified atom stereocenters. The molecular formula is C16H18N2O. The average Bonchev–Trinajstić information content (AvgIpc) is 2.39. The molecule has 0 saturated carbocycles. The van der Waals surface area contributed by atoms with E-state index in [0.717, 1.165) is 5.56 Å². The number of hydrogen-bond donors (Lipinski definition) is 0. The number of hydrogen-bond acceptors (Lipinski definition) is 2. The molecule has 0 spiro atoms. The van der Waals surface area contributed by atoms with Gasteiger partial charge in [-0.05, 0) is 22.4 Å². The van der Waals surface area contributed by atoms with E-state index < -0.39 is 0 Å². The van der Waals surface area contributed by atoms with Crippen LogP contribution in [-0.4, -0.2) is 4.86 Å². The van der Waals surface area contributed by atoms with Crippen molar-refractivity contribution in [3.05, 3.63) is 65.4 Å². The van der Waals surface area contributed by atoms with E-state index in [-0.39, 0.29) is 5.41 Å². The third-order valence-electron chi connectivity index (χ3n) is 2.88. The summed E-state index contributed by atoms with van der Waals surface area (Å²) in [5.74, 6) is 0. The maximum Gasteiger partial charge on any atom is 0.248 e. The molecule has 0 bridgehead atoms. The molecule has 2 rings (SSSR count). The van der Waals surface area contributed by atoms with Crippen LogP contribution in [0.4, 0.5) is 11.4 Å². The van der Waals surface area contributed by atoms with Gasteiger partial charge in [0.25, 0.3) is 0 Å². The number of rotatable bonds is 2. The first-order valence-electron chi connectivity index (χ1n) is 6.32. The molecule has 0 radical (unpaired) electrons. The Bertz CT molecular complexity index is 583. The molecule has 0 aromatic heterocycles. The first-order chi connectivity index (χ1) is 8.98. The van der Waals surface area contributed by atoms with E-state index in [2.05, 4.69) is 25.9 Å². The molecule has 2 aromatic carbocycles. The third kappa shape index (κ3) is 3.19. The van der Waals surface area contributed by atoms with Gasteiger partial charge in [-0.1, -0.05) is 57.2 Å². The predicted molar refractivity (Wildman–Crippen MR) is 77.0 cm³/mol. The van der Waals surface area contributed by atoms with Crippen molar-refractivity contribution in [1.29, 1.82) is 0 Å². The molecule has 0 fully saturated rings. The molecule has 3 heteroatoms. The van der Waals surface area contributed by atoms with Gasteiger partial charge in [0.15, 0.2) is 0 Å². The minimum absolute atomic E-state index is 0.0918. The highest BCUT2D eigenvalue weighted by atomic mass is 16.5. The van der Waals surface area contributed by atoms with Gasteiger partial charge in [-0.2, -0.15) is 0 Å². The van der Waals surface area contributed by atoms with Crippen LogP contribution in [-0.2, 0) is 5.41 Å². The van der Waals surface area contributed by atoms with Crippen molar-refractivity contribution in [2.75, 3.05) is 0 Å². The molecule has 2 aromatic rings. The Balaban J connectivity index is 2.45. The SMILES string of the molecule is CC(C)(C)c1ccccc1[N+]([O-])=Nc1ccccc1. The van der Waals surface area contributed by atoms with Crippen LogP contribution in [0.5, 0.6) is 0 Å². The van der Waals surface area contributed by atoms with E-state index in [9.17, 15) is 5.21 Å². The molecular weight excluding hydrogens is 236 g/mol. The molecule has 98 valence electrons. The molecule has 19 heavy (non-hydrogen) atoms. The van der Waals surface area contributed by atoms with E-state index in [4.69, 9.17) is 0 Å². The second-order valence-corrected chi connectivity index (χ2v) is 5.48. The highest BCUT2D eigenvalue weighted by Crippen LogP contribution is 2.31. The van der Waals surface area contributed by atoms with Gasteiger partial charge in [0.2, 0.25) is 5.69 Å². The molecule has 0 aliphatic rings. The lowest BCUT2D eigenvalue weighted by Crippen LogP contribution is -2.13. The molecule has 0 amide bonds. The van der Waals surface area contributed by atoms with Crippen molar-refractivity contribution in [2.24, 2.45) is 5.11 Å². The van der Waals surface area contributed by atoms with E-state index >= 15 is 0 Å². The van der Waals surface area contributed by atoms with Crippen molar-refractivity contribution < 1.29 is 4.86 Å². The minimum atomic E-state index is -0.0918. The van der Waals surface area contributed by atoms with Crippen LogP contribution in [0.1, 0.15) is 26.3 Å². The van der Waals surface area contributed by atoms with Crippen LogP contribution in [0.15, 0.2) is 59.7 Å². The lowest BCUT2D eigenvalue weighted by Gasteiger charge is -2.19. The first kappa shape index (κ1) is 13.3. The monoisotopic (exact) mass is 254 g/mol. The Morgan fingerprint density at radius 2 is 1.47 bits per heavy atom. The lowest BCUT2D eigenvalue weighted by molar-refractivity contribution is -0.436. The highest BCUT2D eigenvalue weighted by Gasteiger charge is 2.22. The topological polar surface area (TPSA) is 38.4 Å². The third-order valence-corrected chi connectivity index (χ3v) is 2.88. The van der Waals surface area contributed by atoms with Crippen molar-refractivity contribution in [1.82, 2.24) is 0 Å². The summed E-state index contributed by atoms with van der Waals surface area (Å²) in [6, 6.07) is 16.8. The van der Waals surface area contributed by atoms with Crippen LogP contribution >= 0.6 is 0 Å². The molecule has 3 nitrogen and oxygen atoms in total. The normalized spacial score (nSPS) is 12.5. The number of nitrogens with zero attached hydrogens (tertiary/aromatic N) is 2. The van der Waals surface area contributed by atoms with E-state index in [1.807, 2.05) is 48.5 Å². The maximum absolute atomic E-state index is 12.2. The van der Waals surface area contributed by atoms with Crippen molar-refractivity contribution in [3.8, 4) is 0 Å². The fraction of sp³-hybridized carbons (Fsp3) is 0.250. The van der Waals surface area contributed by atoms with Crippen LogP contribution in [0.2, 0.25) is 0 Å². The quantitative estimate of drug-likeness (QED) is 0.426. The Labute approximate surface area is 113 Å². The van der Waals surface area contributed by atoms with Crippen molar-refractivity contribution in [2.45, 2.75) is 26.2 Å². The summed E-state index contributed by atoms with van der Waals surface area (Å²) >= 11 is 0. The zero-order valence-electron chi connectivity index (χ0n) is 11.5. The number of azo groups is 1. The van der Waals surface area contributed by atoms with Crippen LogP contribution < -0.4 is 0 Å². The fourth-order valence-corrected chi connectivity index (χ4v) is 1.93. The second-order valence-electron chi connectivity index (χ2n) is 5.48. The zero-order chi connectivity index (χ0) is 13.9. The number of benzene rings is 2. The van der Waals surface area contributed by atoms with Gasteiger partial charge < -0.3 is 5.21 Å². The Kier molecular flexibility index (Phi) is 3.65. The van der Waals surface area contributed by atoms with E-state index in [1.54, 1.807) is 6.07 Å². The number of para-hydroxylation sites is 1. The summed E-state index contributed by atoms with van der Waals surface area (Å²) in [4.78, 5) is 0.704. The zero-order valence-corrected chi connectivity index (χ0v) is 11.5. The summed E-state index contributed by atoms with van der Waals surface area (Å²) in [5.41, 5.74) is 2.15. The van der Waals surface area contributed by atoms with Gasteiger partial charge in [-0.3, -0.25) is 0 Å². The van der Waals surface area contributed by atoms with Gasteiger partial charge in [-0.15, -0.1) is 0 Å². The highest BCUT2D eigenvalue weighted by molar-refractivity contribution is 5.44. The summed E-state index contributed by atoms with van der Waals surface area (Å²) in [7, 11) is 0. The van der Waals surface area contributed by atoms with Gasteiger partial charge in [0.1, 0.15) is 5.69 Å². The average molecular weight is 254 g/mol. The predicted octanol–water partition coefficient (Wildman–Crippen LogP) is 4.91. The summed E-state index contributed by atoms with van der Waals surface area (Å²) in [6.45, 7) is 6.26. The van der Waals surface area contributed by atoms with E-state index in [0.29, 0.717) is 16.2 Å². The molecule has 0 aliphatic carbocycles. The Morgan fingerprint density at radius 1 is 0.895 bits per heavy atom. The maximum atomic E-state index is 12.2. The van der Waals surface area contributed by atoms with E-state index in [1.165, 1.54) is 0 Å². The molecule has 0 saturated heterocycles. The first-order valence-corrected chi connectivity index (χ1v) is 6.32. The van der Waals surface area contributed by atoms with Gasteiger partial charge in [0, 0.05) is 16.7 Å². The molecule has 0 N–H and O–H groups in total. The van der Waals surface area contributed by atoms with Gasteiger partial charge in [0.05, 0.1) is 0 Å². The fourth-order valence-electron chi connectivity index (χ4n) is 1.93. The van der Waals surface area contributed by atoms with Crippen molar-refractivity contribution in [3.63, 3.8) is 0 Å². The Morgan fingerprint density at radius 3 is 2.11 bits per heavy atom. The molecule has 0 heterocycles. The van der Waals surface area contributed by atoms with Gasteiger partial charge in [-0.25, -0.2) is 0 Å². The minimum Gasteiger partial charge on any atom is -0.594 e. The van der Waals surface area contributed by atoms with Crippen LogP contribution in [0.3, 0.4) is 0 Å². The Hall–Kier alpha value is -2.16. The summed E-state index contributed by atoms with van der Waals surface area (Å²) < 4.78 is 0. The van der Waals surface area contributed by atoms with Crippen molar-refractivity contribution >= 4 is 11.4 Å². The largest absolute Gasteiger partial charge is 0.594 e. The summed E-state index contributed by atoms with van der Waals surface area (Å²) in [5, 5.41) is 16.3. The smallest absolute Gasteiger partial charge is 0.248 e. The summed E-state index contributed by atoms with van der Waals surface area (Å²) in [6.07, 6.45) is 0. The molecule has 0 aliphatic heterocycles. The standard InChI is InChI=1S/C16H18N2O/c1-16(2,3)14-11-7-8-12-15(14)18(19)17-13-9-5-4-6-10-13/h4-12H,1-3H3.